The van der Waals surface area contributed by atoms with E-state index in [9.17, 15) is 5.26 Å². The minimum atomic E-state index is -0.354. The third-order valence-electron chi connectivity index (χ3n) is 3.46. The van der Waals surface area contributed by atoms with Crippen molar-refractivity contribution >= 4 is 17.3 Å². The lowest BCUT2D eigenvalue weighted by molar-refractivity contribution is 0.394. The van der Waals surface area contributed by atoms with Crippen molar-refractivity contribution < 1.29 is 4.74 Å². The second-order valence-electron chi connectivity index (χ2n) is 4.74. The van der Waals surface area contributed by atoms with Crippen LogP contribution in [0.25, 0.3) is 0 Å². The molecule has 0 saturated carbocycles. The van der Waals surface area contributed by atoms with Gasteiger partial charge in [-0.1, -0.05) is 35.9 Å². The first-order valence-corrected chi connectivity index (χ1v) is 6.71. The second-order valence-corrected chi connectivity index (χ2v) is 5.15. The van der Waals surface area contributed by atoms with Gasteiger partial charge in [-0.3, -0.25) is 0 Å². The van der Waals surface area contributed by atoms with Crippen molar-refractivity contribution in [2.75, 3.05) is 5.73 Å². The molecule has 5 heteroatoms. The van der Waals surface area contributed by atoms with E-state index in [2.05, 4.69) is 6.07 Å². The predicted molar refractivity (Wildman–Crippen MR) is 81.6 cm³/mol. The maximum atomic E-state index is 9.43. The largest absolute Gasteiger partial charge is 0.440 e. The number of hydrogen-bond donors (Lipinski definition) is 2. The smallest absolute Gasteiger partial charge is 0.205 e. The number of nitrogens with zero attached hydrogens (tertiary/aromatic N) is 1. The summed E-state index contributed by atoms with van der Waals surface area (Å²) >= 11 is 6.29. The molecule has 104 valence electrons. The van der Waals surface area contributed by atoms with E-state index in [1.807, 2.05) is 24.3 Å². The molecule has 4 N–H and O–H groups in total. The monoisotopic (exact) mass is 297 g/mol. The lowest BCUT2D eigenvalue weighted by Crippen LogP contribution is -2.21. The van der Waals surface area contributed by atoms with Gasteiger partial charge in [0, 0.05) is 22.3 Å². The van der Waals surface area contributed by atoms with Crippen LogP contribution in [0.3, 0.4) is 0 Å². The number of nitrogens with two attached hydrogens (primary N) is 2. The Bertz CT molecular complexity index is 792. The van der Waals surface area contributed by atoms with Crippen LogP contribution in [0.2, 0.25) is 5.02 Å². The molecule has 2 aromatic rings. The number of allylic oxidation sites excluding steroid dienone is 1. The fourth-order valence-corrected chi connectivity index (χ4v) is 2.75. The van der Waals surface area contributed by atoms with E-state index < -0.39 is 0 Å². The Morgan fingerprint density at radius 3 is 2.57 bits per heavy atom. The maximum absolute atomic E-state index is 9.43. The summed E-state index contributed by atoms with van der Waals surface area (Å²) in [7, 11) is 0. The SMILES string of the molecule is N#CC1=C(N)Oc2cc(N)ccc2C1c1ccccc1Cl. The lowest BCUT2D eigenvalue weighted by atomic mass is 9.83. The van der Waals surface area contributed by atoms with E-state index in [0.717, 1.165) is 11.1 Å². The molecule has 0 aliphatic carbocycles. The highest BCUT2D eigenvalue weighted by Gasteiger charge is 2.31. The van der Waals surface area contributed by atoms with Crippen LogP contribution in [-0.2, 0) is 0 Å². The molecule has 1 unspecified atom stereocenters. The van der Waals surface area contributed by atoms with Crippen LogP contribution in [0.1, 0.15) is 17.0 Å². The average Bonchev–Trinajstić information content (AvgIpc) is 2.46. The van der Waals surface area contributed by atoms with E-state index in [1.165, 1.54) is 0 Å². The normalized spacial score (nSPS) is 16.9. The molecule has 0 bridgehead atoms. The Labute approximate surface area is 127 Å². The van der Waals surface area contributed by atoms with Gasteiger partial charge in [-0.2, -0.15) is 5.26 Å². The summed E-state index contributed by atoms with van der Waals surface area (Å²) in [6, 6.07) is 14.8. The summed E-state index contributed by atoms with van der Waals surface area (Å²) in [5.74, 6) is 0.282. The molecule has 0 saturated heterocycles. The highest BCUT2D eigenvalue weighted by atomic mass is 35.5. The molecule has 3 rings (SSSR count). The van der Waals surface area contributed by atoms with Crippen LogP contribution >= 0.6 is 11.6 Å². The number of fused-ring (bicyclic) bond motifs is 1. The van der Waals surface area contributed by atoms with Gasteiger partial charge in [0.05, 0.1) is 5.92 Å². The second kappa shape index (κ2) is 5.04. The first kappa shape index (κ1) is 13.3. The van der Waals surface area contributed by atoms with Gasteiger partial charge in [0.2, 0.25) is 5.88 Å². The summed E-state index contributed by atoms with van der Waals surface area (Å²) in [5, 5.41) is 10.0. The van der Waals surface area contributed by atoms with Gasteiger partial charge in [-0.25, -0.2) is 0 Å². The molecule has 1 atom stereocenters. The molecular formula is C16H12ClN3O. The van der Waals surface area contributed by atoms with Crippen molar-refractivity contribution in [1.82, 2.24) is 0 Å². The van der Waals surface area contributed by atoms with Crippen LogP contribution in [-0.4, -0.2) is 0 Å². The zero-order valence-corrected chi connectivity index (χ0v) is 11.8. The quantitative estimate of drug-likeness (QED) is 0.792. The number of hydrogen-bond acceptors (Lipinski definition) is 4. The van der Waals surface area contributed by atoms with E-state index >= 15 is 0 Å². The number of ether oxygens (including phenoxy) is 1. The summed E-state index contributed by atoms with van der Waals surface area (Å²) in [6.07, 6.45) is 0. The van der Waals surface area contributed by atoms with Gasteiger partial charge in [0.25, 0.3) is 0 Å². The average molecular weight is 298 g/mol. The summed E-state index contributed by atoms with van der Waals surface area (Å²) in [6.45, 7) is 0. The van der Waals surface area contributed by atoms with E-state index in [4.69, 9.17) is 27.8 Å². The van der Waals surface area contributed by atoms with Gasteiger partial charge in [0.15, 0.2) is 0 Å². The molecule has 1 aliphatic rings. The number of benzene rings is 2. The first-order valence-electron chi connectivity index (χ1n) is 6.33. The third-order valence-corrected chi connectivity index (χ3v) is 3.80. The Morgan fingerprint density at radius 2 is 1.86 bits per heavy atom. The third kappa shape index (κ3) is 2.18. The Morgan fingerprint density at radius 1 is 1.10 bits per heavy atom. The van der Waals surface area contributed by atoms with Gasteiger partial charge in [0.1, 0.15) is 17.4 Å². The van der Waals surface area contributed by atoms with E-state index in [0.29, 0.717) is 22.0 Å². The summed E-state index contributed by atoms with van der Waals surface area (Å²) in [4.78, 5) is 0. The van der Waals surface area contributed by atoms with Crippen LogP contribution < -0.4 is 16.2 Å². The fourth-order valence-electron chi connectivity index (χ4n) is 2.50. The topological polar surface area (TPSA) is 85.1 Å². The Kier molecular flexibility index (Phi) is 3.20. The lowest BCUT2D eigenvalue weighted by Gasteiger charge is -2.27. The predicted octanol–water partition coefficient (Wildman–Crippen LogP) is 3.14. The van der Waals surface area contributed by atoms with Crippen molar-refractivity contribution in [3.05, 3.63) is 70.1 Å². The van der Waals surface area contributed by atoms with Gasteiger partial charge < -0.3 is 16.2 Å². The van der Waals surface area contributed by atoms with Crippen molar-refractivity contribution in [1.29, 1.82) is 5.26 Å². The van der Waals surface area contributed by atoms with Gasteiger partial charge in [-0.05, 0) is 17.7 Å². The molecule has 2 aromatic carbocycles. The molecule has 0 radical (unpaired) electrons. The highest BCUT2D eigenvalue weighted by Crippen LogP contribution is 2.44. The van der Waals surface area contributed by atoms with Crippen LogP contribution in [0, 0.1) is 11.3 Å². The molecule has 21 heavy (non-hydrogen) atoms. The Balaban J connectivity index is 2.27. The van der Waals surface area contributed by atoms with E-state index in [1.54, 1.807) is 18.2 Å². The molecule has 0 aromatic heterocycles. The number of anilines is 1. The van der Waals surface area contributed by atoms with Crippen molar-refractivity contribution in [2.24, 2.45) is 5.73 Å². The summed E-state index contributed by atoms with van der Waals surface area (Å²) in [5.41, 5.74) is 14.2. The summed E-state index contributed by atoms with van der Waals surface area (Å²) < 4.78 is 5.52. The highest BCUT2D eigenvalue weighted by molar-refractivity contribution is 6.31. The van der Waals surface area contributed by atoms with Crippen molar-refractivity contribution in [2.45, 2.75) is 5.92 Å². The minimum Gasteiger partial charge on any atom is -0.440 e. The molecule has 1 heterocycles. The zero-order valence-electron chi connectivity index (χ0n) is 11.0. The molecule has 0 spiro atoms. The molecule has 1 aliphatic heterocycles. The molecule has 0 fully saturated rings. The number of nitriles is 1. The zero-order chi connectivity index (χ0) is 15.0. The van der Waals surface area contributed by atoms with Crippen LogP contribution in [0.4, 0.5) is 5.69 Å². The fraction of sp³-hybridized carbons (Fsp3) is 0.0625. The van der Waals surface area contributed by atoms with Gasteiger partial charge >= 0.3 is 0 Å². The Hall–Kier alpha value is -2.64. The molecule has 4 nitrogen and oxygen atoms in total. The van der Waals surface area contributed by atoms with Crippen LogP contribution in [0.5, 0.6) is 5.75 Å². The standard InChI is InChI=1S/C16H12ClN3O/c17-13-4-2-1-3-10(13)15-11-6-5-9(19)7-14(11)21-16(20)12(15)8-18/h1-7,15H,19-20H2. The van der Waals surface area contributed by atoms with Crippen LogP contribution in [0.15, 0.2) is 53.9 Å². The molecule has 0 amide bonds. The first-order chi connectivity index (χ1) is 10.1. The molecular weight excluding hydrogens is 286 g/mol. The van der Waals surface area contributed by atoms with Gasteiger partial charge in [-0.15, -0.1) is 0 Å². The van der Waals surface area contributed by atoms with E-state index in [-0.39, 0.29) is 11.8 Å². The number of rotatable bonds is 1. The number of nitrogen functional groups attached to an aromatic ring is 1. The van der Waals surface area contributed by atoms with Crippen molar-refractivity contribution in [3.8, 4) is 11.8 Å². The van der Waals surface area contributed by atoms with Crippen molar-refractivity contribution in [3.63, 3.8) is 0 Å². The number of halogens is 1. The maximum Gasteiger partial charge on any atom is 0.205 e. The minimum absolute atomic E-state index is 0.0838.